The zero-order valence-electron chi connectivity index (χ0n) is 20.4. The minimum Gasteiger partial charge on any atom is -0.497 e. The maximum Gasteiger partial charge on any atom is 0.272 e. The van der Waals surface area contributed by atoms with Gasteiger partial charge in [-0.3, -0.25) is 19.7 Å². The Hall–Kier alpha value is -4.46. The molecule has 39 heavy (non-hydrogen) atoms. The van der Waals surface area contributed by atoms with Crippen molar-refractivity contribution in [3.63, 3.8) is 0 Å². The number of anilines is 3. The number of para-hydroxylation sites is 2. The number of aromatic nitrogens is 2. The number of benzene rings is 3. The molecular formula is C25H22ClN7O5S. The van der Waals surface area contributed by atoms with Crippen LogP contribution in [0.5, 0.6) is 5.75 Å². The lowest BCUT2D eigenvalue weighted by atomic mass is 10.2. The second-order valence-corrected chi connectivity index (χ2v) is 10.6. The summed E-state index contributed by atoms with van der Waals surface area (Å²) in [5, 5.41) is 4.42. The van der Waals surface area contributed by atoms with Crippen LogP contribution >= 0.6 is 11.6 Å². The van der Waals surface area contributed by atoms with E-state index < -0.39 is 27.9 Å². The van der Waals surface area contributed by atoms with E-state index >= 15 is 0 Å². The molecule has 2 amide bonds. The number of carbonyl (C=O) groups excluding carboxylic acids is 2. The minimum atomic E-state index is -4.25. The highest BCUT2D eigenvalue weighted by Gasteiger charge is 2.31. The van der Waals surface area contributed by atoms with Gasteiger partial charge < -0.3 is 15.8 Å². The predicted octanol–water partition coefficient (Wildman–Crippen LogP) is 2.65. The number of nitrogens with one attached hydrogen (secondary N) is 3. The van der Waals surface area contributed by atoms with Crippen molar-refractivity contribution in [2.24, 2.45) is 5.73 Å². The molecule has 0 aliphatic carbocycles. The largest absolute Gasteiger partial charge is 0.497 e. The fraction of sp³-hybridized carbons (Fsp3) is 0.120. The van der Waals surface area contributed by atoms with Gasteiger partial charge in [-0.2, -0.15) is 0 Å². The maximum atomic E-state index is 13.4. The number of rotatable bonds is 7. The molecule has 1 saturated heterocycles. The Morgan fingerprint density at radius 1 is 1.08 bits per heavy atom. The molecule has 0 radical (unpaired) electrons. The molecule has 0 spiro atoms. The monoisotopic (exact) mass is 567 g/mol. The lowest BCUT2D eigenvalue weighted by Crippen LogP contribution is -2.38. The van der Waals surface area contributed by atoms with Crippen LogP contribution in [0.4, 0.5) is 17.3 Å². The van der Waals surface area contributed by atoms with E-state index in [0.717, 1.165) is 5.01 Å². The van der Waals surface area contributed by atoms with Crippen LogP contribution in [0.2, 0.25) is 5.02 Å². The van der Waals surface area contributed by atoms with Crippen molar-refractivity contribution < 1.29 is 22.7 Å². The molecule has 0 bridgehead atoms. The quantitative estimate of drug-likeness (QED) is 0.262. The highest BCUT2D eigenvalue weighted by atomic mass is 35.5. The Morgan fingerprint density at radius 3 is 2.46 bits per heavy atom. The summed E-state index contributed by atoms with van der Waals surface area (Å²) in [5.41, 5.74) is 9.44. The van der Waals surface area contributed by atoms with Gasteiger partial charge in [-0.15, -0.1) is 0 Å². The lowest BCUT2D eigenvalue weighted by Gasteiger charge is -2.17. The van der Waals surface area contributed by atoms with Crippen LogP contribution in [0, 0.1) is 0 Å². The number of hydrogen-bond acceptors (Lipinski definition) is 9. The molecule has 1 aliphatic rings. The van der Waals surface area contributed by atoms with Crippen molar-refractivity contribution >= 4 is 61.8 Å². The van der Waals surface area contributed by atoms with Crippen molar-refractivity contribution in [2.75, 3.05) is 23.7 Å². The first-order valence-electron chi connectivity index (χ1n) is 11.5. The van der Waals surface area contributed by atoms with Gasteiger partial charge in [0.2, 0.25) is 0 Å². The van der Waals surface area contributed by atoms with Gasteiger partial charge in [0.1, 0.15) is 11.8 Å². The number of nitrogens with zero attached hydrogens (tertiary/aromatic N) is 3. The SMILES string of the molecule is COc1ccc(Cl)c(Nc2nc3ccccc3nc2NS(=O)(=O)c2cccc(C(=O)N3CC(N)C(=O)N3)c2)c1. The van der Waals surface area contributed by atoms with Gasteiger partial charge >= 0.3 is 0 Å². The van der Waals surface area contributed by atoms with Crippen molar-refractivity contribution in [1.29, 1.82) is 0 Å². The van der Waals surface area contributed by atoms with E-state index in [9.17, 15) is 18.0 Å². The zero-order chi connectivity index (χ0) is 27.7. The standard InChI is InChI=1S/C25H22ClN7O5S/c1-38-15-9-10-17(26)21(12-15)30-22-23(29-20-8-3-2-7-19(20)28-22)32-39(36,37)16-6-4-5-14(11-16)25(35)33-13-18(27)24(34)31-33/h2-12,18H,13,27H2,1H3,(H,28,30)(H,29,32)(H,31,34). The van der Waals surface area contributed by atoms with Gasteiger partial charge in [-0.25, -0.2) is 23.4 Å². The first-order valence-corrected chi connectivity index (χ1v) is 13.4. The molecule has 14 heteroatoms. The van der Waals surface area contributed by atoms with Crippen LogP contribution in [0.1, 0.15) is 10.4 Å². The summed E-state index contributed by atoms with van der Waals surface area (Å²) >= 11 is 6.35. The highest BCUT2D eigenvalue weighted by molar-refractivity contribution is 7.92. The molecule has 1 aliphatic heterocycles. The number of hydrazine groups is 1. The second kappa shape index (κ2) is 10.4. The maximum absolute atomic E-state index is 13.4. The van der Waals surface area contributed by atoms with Crippen molar-refractivity contribution in [3.8, 4) is 5.75 Å². The summed E-state index contributed by atoms with van der Waals surface area (Å²) in [4.78, 5) is 33.3. The Kier molecular flexibility index (Phi) is 6.95. The molecule has 2 heterocycles. The molecule has 1 atom stereocenters. The number of ether oxygens (including phenoxy) is 1. The van der Waals surface area contributed by atoms with E-state index in [1.807, 2.05) is 0 Å². The minimum absolute atomic E-state index is 0.0402. The number of hydrogen-bond donors (Lipinski definition) is 4. The van der Waals surface area contributed by atoms with Gasteiger partial charge in [0.15, 0.2) is 11.6 Å². The lowest BCUT2D eigenvalue weighted by molar-refractivity contribution is -0.121. The number of amides is 2. The van der Waals surface area contributed by atoms with Crippen LogP contribution < -0.4 is 25.9 Å². The molecule has 3 aromatic carbocycles. The first kappa shape index (κ1) is 26.2. The van der Waals surface area contributed by atoms with Crippen LogP contribution in [0.25, 0.3) is 11.0 Å². The Balaban J connectivity index is 1.50. The van der Waals surface area contributed by atoms with E-state index in [4.69, 9.17) is 22.1 Å². The fourth-order valence-corrected chi connectivity index (χ4v) is 5.05. The van der Waals surface area contributed by atoms with Crippen molar-refractivity contribution in [1.82, 2.24) is 20.4 Å². The smallest absolute Gasteiger partial charge is 0.272 e. The van der Waals surface area contributed by atoms with E-state index in [1.54, 1.807) is 42.5 Å². The summed E-state index contributed by atoms with van der Waals surface area (Å²) in [5.74, 6) is -0.585. The molecular weight excluding hydrogens is 546 g/mol. The Labute approximate surface area is 228 Å². The van der Waals surface area contributed by atoms with E-state index in [1.165, 1.54) is 31.4 Å². The fourth-order valence-electron chi connectivity index (χ4n) is 3.83. The average molecular weight is 568 g/mol. The van der Waals surface area contributed by atoms with Gasteiger partial charge in [0.05, 0.1) is 40.3 Å². The van der Waals surface area contributed by atoms with E-state index in [-0.39, 0.29) is 28.6 Å². The molecule has 1 unspecified atom stereocenters. The zero-order valence-corrected chi connectivity index (χ0v) is 22.0. The summed E-state index contributed by atoms with van der Waals surface area (Å²) < 4.78 is 34.6. The Bertz CT molecular complexity index is 1720. The van der Waals surface area contributed by atoms with Crippen LogP contribution in [0.15, 0.2) is 71.6 Å². The van der Waals surface area contributed by atoms with Crippen LogP contribution in [0.3, 0.4) is 0 Å². The second-order valence-electron chi connectivity index (χ2n) is 8.51. The third kappa shape index (κ3) is 5.41. The summed E-state index contributed by atoms with van der Waals surface area (Å²) in [6, 6.07) is 16.4. The third-order valence-corrected chi connectivity index (χ3v) is 7.49. The number of fused-ring (bicyclic) bond motifs is 1. The topological polar surface area (TPSA) is 169 Å². The number of halogens is 1. The molecule has 200 valence electrons. The third-order valence-electron chi connectivity index (χ3n) is 5.83. The number of carbonyl (C=O) groups is 2. The molecule has 5 N–H and O–H groups in total. The number of sulfonamides is 1. The first-order chi connectivity index (χ1) is 18.6. The number of methoxy groups -OCH3 is 1. The van der Waals surface area contributed by atoms with Crippen LogP contribution in [-0.4, -0.2) is 54.9 Å². The van der Waals surface area contributed by atoms with Gasteiger partial charge in [0.25, 0.3) is 21.8 Å². The summed E-state index contributed by atoms with van der Waals surface area (Å²) in [6.45, 7) is -0.0402. The molecule has 0 saturated carbocycles. The van der Waals surface area contributed by atoms with Gasteiger partial charge in [0, 0.05) is 11.6 Å². The van der Waals surface area contributed by atoms with E-state index in [2.05, 4.69) is 25.4 Å². The number of nitrogens with two attached hydrogens (primary N) is 1. The molecule has 1 aromatic heterocycles. The normalized spacial score (nSPS) is 15.2. The van der Waals surface area contributed by atoms with Gasteiger partial charge in [-0.05, 0) is 42.5 Å². The molecule has 1 fully saturated rings. The summed E-state index contributed by atoms with van der Waals surface area (Å²) in [6.07, 6.45) is 0. The van der Waals surface area contributed by atoms with Crippen molar-refractivity contribution in [3.05, 3.63) is 77.3 Å². The summed E-state index contributed by atoms with van der Waals surface area (Å²) in [7, 11) is -2.75. The van der Waals surface area contributed by atoms with Crippen LogP contribution in [-0.2, 0) is 14.8 Å². The van der Waals surface area contributed by atoms with E-state index in [0.29, 0.717) is 27.5 Å². The van der Waals surface area contributed by atoms with Gasteiger partial charge in [-0.1, -0.05) is 29.8 Å². The molecule has 4 aromatic rings. The molecule has 12 nitrogen and oxygen atoms in total. The van der Waals surface area contributed by atoms with Crippen molar-refractivity contribution in [2.45, 2.75) is 10.9 Å². The Morgan fingerprint density at radius 2 is 1.79 bits per heavy atom. The molecule has 5 rings (SSSR count). The predicted molar refractivity (Wildman–Crippen MR) is 145 cm³/mol. The highest BCUT2D eigenvalue weighted by Crippen LogP contribution is 2.32. The average Bonchev–Trinajstić information content (AvgIpc) is 3.27.